The van der Waals surface area contributed by atoms with Crippen LogP contribution in [0.1, 0.15) is 34.6 Å². The lowest BCUT2D eigenvalue weighted by Gasteiger charge is -2.19. The monoisotopic (exact) mass is 489 g/mol. The van der Waals surface area contributed by atoms with Gasteiger partial charge in [0.2, 0.25) is 5.91 Å². The summed E-state index contributed by atoms with van der Waals surface area (Å²) in [5.41, 5.74) is 3.38. The molecule has 1 unspecified atom stereocenters. The third-order valence-corrected chi connectivity index (χ3v) is 6.31. The number of aromatic nitrogens is 2. The first-order valence-electron chi connectivity index (χ1n) is 11.8. The number of fused-ring (bicyclic) bond motifs is 1. The van der Waals surface area contributed by atoms with Crippen LogP contribution in [0.5, 0.6) is 11.5 Å². The Bertz CT molecular complexity index is 1260. The number of ether oxygens (including phenoxy) is 2. The highest BCUT2D eigenvalue weighted by atomic mass is 16.5. The quantitative estimate of drug-likeness (QED) is 0.261. The maximum absolute atomic E-state index is 12.2. The van der Waals surface area contributed by atoms with Crippen LogP contribution in [0.15, 0.2) is 47.6 Å². The van der Waals surface area contributed by atoms with Gasteiger partial charge in [0.25, 0.3) is 0 Å². The van der Waals surface area contributed by atoms with Crippen LogP contribution < -0.4 is 19.7 Å². The van der Waals surface area contributed by atoms with Gasteiger partial charge in [-0.05, 0) is 37.5 Å². The van der Waals surface area contributed by atoms with Gasteiger partial charge in [-0.2, -0.15) is 0 Å². The number of aliphatic imine (C=N–C) groups is 1. The molecule has 0 saturated heterocycles. The van der Waals surface area contributed by atoms with Gasteiger partial charge in [0, 0.05) is 50.2 Å². The molecular weight excluding hydrogens is 458 g/mol. The molecular formula is C27H31N5O4. The molecule has 9 nitrogen and oxygen atoms in total. The van der Waals surface area contributed by atoms with E-state index < -0.39 is 0 Å². The smallest absolute Gasteiger partial charge is 0.225 e. The van der Waals surface area contributed by atoms with Crippen molar-refractivity contribution in [3.63, 3.8) is 0 Å². The molecule has 0 saturated carbocycles. The van der Waals surface area contributed by atoms with Gasteiger partial charge in [-0.15, -0.1) is 0 Å². The molecule has 0 bridgehead atoms. The number of imidazole rings is 1. The molecule has 2 heterocycles. The number of aryl methyl sites for hydroxylation is 2. The summed E-state index contributed by atoms with van der Waals surface area (Å²) in [6, 6.07) is 11.7. The van der Waals surface area contributed by atoms with Crippen LogP contribution in [0.3, 0.4) is 0 Å². The number of para-hydroxylation sites is 1. The molecule has 4 rings (SSSR count). The third kappa shape index (κ3) is 5.56. The molecule has 0 fully saturated rings. The first-order chi connectivity index (χ1) is 17.4. The first kappa shape index (κ1) is 25.0. The van der Waals surface area contributed by atoms with E-state index in [0.29, 0.717) is 41.6 Å². The summed E-state index contributed by atoms with van der Waals surface area (Å²) in [4.78, 5) is 35.0. The predicted octanol–water partition coefficient (Wildman–Crippen LogP) is 4.11. The molecule has 0 radical (unpaired) electrons. The van der Waals surface area contributed by atoms with E-state index in [1.54, 1.807) is 18.3 Å². The van der Waals surface area contributed by atoms with Gasteiger partial charge in [-0.3, -0.25) is 14.6 Å². The summed E-state index contributed by atoms with van der Waals surface area (Å²) in [5.74, 6) is 2.13. The minimum absolute atomic E-state index is 0.0924. The number of aldehydes is 1. The van der Waals surface area contributed by atoms with Crippen LogP contribution in [0.2, 0.25) is 0 Å². The van der Waals surface area contributed by atoms with Gasteiger partial charge >= 0.3 is 0 Å². The fraction of sp³-hybridized carbons (Fsp3) is 0.333. The number of likely N-dealkylation sites (N-methyl/N-ethyl adjacent to an activating group) is 1. The van der Waals surface area contributed by atoms with Crippen LogP contribution in [-0.2, 0) is 18.3 Å². The van der Waals surface area contributed by atoms with E-state index in [2.05, 4.69) is 32.3 Å². The number of hydrogen-bond donors (Lipinski definition) is 1. The molecule has 9 heteroatoms. The van der Waals surface area contributed by atoms with E-state index >= 15 is 0 Å². The largest absolute Gasteiger partial charge is 0.493 e. The zero-order valence-corrected chi connectivity index (χ0v) is 21.0. The average molecular weight is 490 g/mol. The van der Waals surface area contributed by atoms with Crippen LogP contribution in [0.25, 0.3) is 0 Å². The number of nitrogens with zero attached hydrogens (tertiary/aromatic N) is 4. The van der Waals surface area contributed by atoms with Crippen molar-refractivity contribution in [2.45, 2.75) is 32.2 Å². The number of benzene rings is 2. The Morgan fingerprint density at radius 3 is 2.75 bits per heavy atom. The SMILES string of the molecule is COc1cc(C=O)c(N=CC2Cc3ccccc3N2C)cc1OCCCC(=O)Nc1cn(C)c(C)n1. The summed E-state index contributed by atoms with van der Waals surface area (Å²) in [6.45, 7) is 2.17. The molecule has 1 aliphatic heterocycles. The molecule has 1 atom stereocenters. The lowest BCUT2D eigenvalue weighted by molar-refractivity contribution is -0.116. The number of anilines is 2. The minimum Gasteiger partial charge on any atom is -0.493 e. The Kier molecular flexibility index (Phi) is 7.68. The molecule has 3 aromatic rings. The lowest BCUT2D eigenvalue weighted by Crippen LogP contribution is -2.28. The van der Waals surface area contributed by atoms with Crippen molar-refractivity contribution in [1.29, 1.82) is 0 Å². The second-order valence-electron chi connectivity index (χ2n) is 8.75. The molecule has 188 valence electrons. The maximum Gasteiger partial charge on any atom is 0.225 e. The standard InChI is InChI=1S/C27H31N5O4/c1-18-29-26(16-31(18)2)30-27(34)10-7-11-36-25-14-22(20(17-33)13-24(25)35-4)28-15-21-12-19-8-5-6-9-23(19)32(21)3/h5-6,8-9,13-17,21H,7,10-12H2,1-4H3,(H,30,34). The highest BCUT2D eigenvalue weighted by Crippen LogP contribution is 2.35. The first-order valence-corrected chi connectivity index (χ1v) is 11.8. The summed E-state index contributed by atoms with van der Waals surface area (Å²) in [7, 11) is 5.43. The molecule has 0 aliphatic carbocycles. The van der Waals surface area contributed by atoms with Crippen LogP contribution in [0.4, 0.5) is 17.2 Å². The Labute approximate surface area is 210 Å². The Morgan fingerprint density at radius 1 is 1.25 bits per heavy atom. The number of nitrogens with one attached hydrogen (secondary N) is 1. The Hall–Kier alpha value is -4.14. The number of amides is 1. The van der Waals surface area contributed by atoms with E-state index in [1.165, 1.54) is 18.4 Å². The van der Waals surface area contributed by atoms with Gasteiger partial charge in [0.1, 0.15) is 5.82 Å². The van der Waals surface area contributed by atoms with Gasteiger partial charge in [0.15, 0.2) is 23.6 Å². The van der Waals surface area contributed by atoms with Crippen LogP contribution in [0, 0.1) is 6.92 Å². The summed E-state index contributed by atoms with van der Waals surface area (Å²) in [5, 5.41) is 2.79. The zero-order valence-electron chi connectivity index (χ0n) is 21.0. The van der Waals surface area contributed by atoms with Gasteiger partial charge in [-0.1, -0.05) is 18.2 Å². The van der Waals surface area contributed by atoms with Crippen molar-refractivity contribution in [2.75, 3.05) is 31.0 Å². The Balaban J connectivity index is 1.38. The topological polar surface area (TPSA) is 98.0 Å². The maximum atomic E-state index is 12.2. The summed E-state index contributed by atoms with van der Waals surface area (Å²) in [6.07, 6.45) is 6.03. The van der Waals surface area contributed by atoms with E-state index in [4.69, 9.17) is 9.47 Å². The molecule has 36 heavy (non-hydrogen) atoms. The Morgan fingerprint density at radius 2 is 2.06 bits per heavy atom. The fourth-order valence-electron chi connectivity index (χ4n) is 4.17. The molecule has 1 amide bonds. The van der Waals surface area contributed by atoms with Gasteiger partial charge in [-0.25, -0.2) is 4.98 Å². The van der Waals surface area contributed by atoms with Gasteiger partial charge in [0.05, 0.1) is 25.4 Å². The predicted molar refractivity (Wildman–Crippen MR) is 140 cm³/mol. The van der Waals surface area contributed by atoms with Gasteiger partial charge < -0.3 is 24.3 Å². The third-order valence-electron chi connectivity index (χ3n) is 6.31. The number of methoxy groups -OCH3 is 1. The van der Waals surface area contributed by atoms with Crippen molar-refractivity contribution in [1.82, 2.24) is 9.55 Å². The van der Waals surface area contributed by atoms with Crippen molar-refractivity contribution in [3.8, 4) is 11.5 Å². The number of carbonyl (C=O) groups is 2. The van der Waals surface area contributed by atoms with E-state index in [0.717, 1.165) is 18.5 Å². The molecule has 2 aromatic carbocycles. The van der Waals surface area contributed by atoms with E-state index in [1.807, 2.05) is 43.9 Å². The van der Waals surface area contributed by atoms with Crippen molar-refractivity contribution in [2.24, 2.45) is 12.0 Å². The van der Waals surface area contributed by atoms with E-state index in [-0.39, 0.29) is 18.4 Å². The molecule has 1 N–H and O–H groups in total. The van der Waals surface area contributed by atoms with Crippen molar-refractivity contribution >= 4 is 35.6 Å². The highest BCUT2D eigenvalue weighted by molar-refractivity contribution is 5.90. The lowest BCUT2D eigenvalue weighted by atomic mass is 10.1. The second kappa shape index (κ2) is 11.1. The highest BCUT2D eigenvalue weighted by Gasteiger charge is 2.24. The summed E-state index contributed by atoms with van der Waals surface area (Å²) >= 11 is 0. The van der Waals surface area contributed by atoms with E-state index in [9.17, 15) is 9.59 Å². The minimum atomic E-state index is -0.132. The van der Waals surface area contributed by atoms with Crippen molar-refractivity contribution in [3.05, 3.63) is 59.5 Å². The van der Waals surface area contributed by atoms with Crippen LogP contribution >= 0.6 is 0 Å². The zero-order chi connectivity index (χ0) is 25.7. The summed E-state index contributed by atoms with van der Waals surface area (Å²) < 4.78 is 13.2. The fourth-order valence-corrected chi connectivity index (χ4v) is 4.17. The number of rotatable bonds is 10. The molecule has 1 aliphatic rings. The average Bonchev–Trinajstić information content (AvgIpc) is 3.37. The number of hydrogen-bond acceptors (Lipinski definition) is 7. The second-order valence-corrected chi connectivity index (χ2v) is 8.75. The normalized spacial score (nSPS) is 14.7. The molecule has 0 spiro atoms. The number of carbonyl (C=O) groups excluding carboxylic acids is 2. The molecule has 1 aromatic heterocycles. The van der Waals surface area contributed by atoms with Crippen molar-refractivity contribution < 1.29 is 19.1 Å². The van der Waals surface area contributed by atoms with Crippen LogP contribution in [-0.4, -0.2) is 54.8 Å².